The molecule has 2 heteroatoms. The summed E-state index contributed by atoms with van der Waals surface area (Å²) in [6, 6.07) is 0. The van der Waals surface area contributed by atoms with Crippen LogP contribution in [0.25, 0.3) is 0 Å². The smallest absolute Gasteiger partial charge is 0.311 e. The van der Waals surface area contributed by atoms with E-state index in [4.69, 9.17) is 4.74 Å². The lowest BCUT2D eigenvalue weighted by atomic mass is 9.88. The van der Waals surface area contributed by atoms with E-state index in [0.717, 1.165) is 25.7 Å². The number of hydrogen-bond acceptors (Lipinski definition) is 2. The Hall–Kier alpha value is -0.530. The van der Waals surface area contributed by atoms with E-state index in [1.807, 2.05) is 13.8 Å². The molecule has 1 fully saturated rings. The summed E-state index contributed by atoms with van der Waals surface area (Å²) >= 11 is 0. The van der Waals surface area contributed by atoms with Crippen LogP contribution in [0.1, 0.15) is 46.5 Å². The third kappa shape index (κ3) is 1.99. The van der Waals surface area contributed by atoms with Crippen LogP contribution in [0.15, 0.2) is 0 Å². The summed E-state index contributed by atoms with van der Waals surface area (Å²) in [5.41, 5.74) is -0.260. The van der Waals surface area contributed by atoms with Crippen molar-refractivity contribution >= 4 is 5.97 Å². The number of cyclic esters (lactones) is 1. The van der Waals surface area contributed by atoms with Crippen molar-refractivity contribution in [3.05, 3.63) is 0 Å². The molecular formula is C10H18O2. The van der Waals surface area contributed by atoms with Crippen LogP contribution in [0.4, 0.5) is 0 Å². The van der Waals surface area contributed by atoms with Gasteiger partial charge in [0.2, 0.25) is 0 Å². The maximum atomic E-state index is 11.5. The van der Waals surface area contributed by atoms with E-state index in [0.29, 0.717) is 0 Å². The van der Waals surface area contributed by atoms with Gasteiger partial charge in [-0.15, -0.1) is 0 Å². The molecule has 0 N–H and O–H groups in total. The fraction of sp³-hybridized carbons (Fsp3) is 0.900. The van der Waals surface area contributed by atoms with Crippen molar-refractivity contribution in [2.75, 3.05) is 0 Å². The largest absolute Gasteiger partial charge is 0.462 e. The van der Waals surface area contributed by atoms with Crippen molar-refractivity contribution in [1.29, 1.82) is 0 Å². The molecule has 0 saturated carbocycles. The molecule has 1 aliphatic rings. The first kappa shape index (κ1) is 9.56. The zero-order chi connectivity index (χ0) is 9.19. The molecule has 0 aromatic carbocycles. The van der Waals surface area contributed by atoms with E-state index in [2.05, 4.69) is 6.92 Å². The van der Waals surface area contributed by atoms with Crippen molar-refractivity contribution in [2.24, 2.45) is 5.41 Å². The van der Waals surface area contributed by atoms with E-state index >= 15 is 0 Å². The summed E-state index contributed by atoms with van der Waals surface area (Å²) in [4.78, 5) is 11.5. The number of carbonyl (C=O) groups excluding carboxylic acids is 1. The lowest BCUT2D eigenvalue weighted by Gasteiger charge is -2.20. The predicted octanol–water partition coefficient (Wildman–Crippen LogP) is 2.52. The van der Waals surface area contributed by atoms with Crippen LogP contribution in [-0.2, 0) is 9.53 Å². The Labute approximate surface area is 74.3 Å². The quantitative estimate of drug-likeness (QED) is 0.565. The third-order valence-electron chi connectivity index (χ3n) is 2.61. The summed E-state index contributed by atoms with van der Waals surface area (Å²) in [5.74, 6) is -0.0214. The van der Waals surface area contributed by atoms with Gasteiger partial charge in [0, 0.05) is 0 Å². The van der Waals surface area contributed by atoms with Gasteiger partial charge in [-0.25, -0.2) is 0 Å². The summed E-state index contributed by atoms with van der Waals surface area (Å²) in [5, 5.41) is 0. The van der Waals surface area contributed by atoms with Gasteiger partial charge >= 0.3 is 5.97 Å². The minimum absolute atomic E-state index is 0.0214. The third-order valence-corrected chi connectivity index (χ3v) is 2.61. The van der Waals surface area contributed by atoms with Crippen LogP contribution < -0.4 is 0 Å². The number of hydrogen-bond donors (Lipinski definition) is 0. The van der Waals surface area contributed by atoms with Gasteiger partial charge in [-0.3, -0.25) is 4.79 Å². The van der Waals surface area contributed by atoms with Gasteiger partial charge in [0.15, 0.2) is 0 Å². The molecule has 0 aromatic rings. The highest BCUT2D eigenvalue weighted by atomic mass is 16.5. The van der Waals surface area contributed by atoms with E-state index in [9.17, 15) is 4.79 Å². The summed E-state index contributed by atoms with van der Waals surface area (Å²) in [7, 11) is 0. The molecule has 0 radical (unpaired) electrons. The van der Waals surface area contributed by atoms with Crippen molar-refractivity contribution in [3.8, 4) is 0 Å². The highest BCUT2D eigenvalue weighted by molar-refractivity contribution is 5.76. The van der Waals surface area contributed by atoms with E-state index in [1.54, 1.807) is 0 Å². The van der Waals surface area contributed by atoms with Crippen LogP contribution in [-0.4, -0.2) is 12.1 Å². The Kier molecular flexibility index (Phi) is 2.76. The second-order valence-corrected chi connectivity index (χ2v) is 4.21. The van der Waals surface area contributed by atoms with Crippen LogP contribution >= 0.6 is 0 Å². The molecular weight excluding hydrogens is 152 g/mol. The molecule has 1 unspecified atom stereocenters. The van der Waals surface area contributed by atoms with Crippen molar-refractivity contribution in [1.82, 2.24) is 0 Å². The molecule has 1 aliphatic heterocycles. The Morgan fingerprint density at radius 3 is 2.83 bits per heavy atom. The first-order chi connectivity index (χ1) is 5.56. The molecule has 0 amide bonds. The monoisotopic (exact) mass is 170 g/mol. The van der Waals surface area contributed by atoms with E-state index in [-0.39, 0.29) is 17.5 Å². The molecule has 1 heterocycles. The van der Waals surface area contributed by atoms with Gasteiger partial charge in [0.1, 0.15) is 6.10 Å². The molecule has 1 rings (SSSR count). The number of carbonyl (C=O) groups is 1. The number of esters is 1. The molecule has 0 aromatic heterocycles. The van der Waals surface area contributed by atoms with Gasteiger partial charge in [0.25, 0.3) is 0 Å². The Morgan fingerprint density at radius 2 is 2.25 bits per heavy atom. The predicted molar refractivity (Wildman–Crippen MR) is 47.8 cm³/mol. The Balaban J connectivity index is 2.63. The summed E-state index contributed by atoms with van der Waals surface area (Å²) in [6.07, 6.45) is 4.21. The average Bonchev–Trinajstić information content (AvgIpc) is 2.12. The van der Waals surface area contributed by atoms with E-state index < -0.39 is 0 Å². The fourth-order valence-electron chi connectivity index (χ4n) is 1.53. The van der Waals surface area contributed by atoms with Gasteiger partial charge in [0.05, 0.1) is 5.41 Å². The molecule has 2 nitrogen and oxygen atoms in total. The van der Waals surface area contributed by atoms with Crippen molar-refractivity contribution < 1.29 is 9.53 Å². The topological polar surface area (TPSA) is 26.3 Å². The molecule has 0 bridgehead atoms. The van der Waals surface area contributed by atoms with Crippen molar-refractivity contribution in [3.63, 3.8) is 0 Å². The lowest BCUT2D eigenvalue weighted by Crippen LogP contribution is -2.26. The molecule has 0 aliphatic carbocycles. The second kappa shape index (κ2) is 3.46. The zero-order valence-electron chi connectivity index (χ0n) is 8.22. The first-order valence-electron chi connectivity index (χ1n) is 4.77. The molecule has 0 spiro atoms. The van der Waals surface area contributed by atoms with Crippen molar-refractivity contribution in [2.45, 2.75) is 52.6 Å². The molecule has 12 heavy (non-hydrogen) atoms. The molecule has 1 atom stereocenters. The zero-order valence-corrected chi connectivity index (χ0v) is 8.22. The average molecular weight is 170 g/mol. The van der Waals surface area contributed by atoms with Gasteiger partial charge in [-0.1, -0.05) is 6.92 Å². The van der Waals surface area contributed by atoms with Gasteiger partial charge < -0.3 is 4.74 Å². The van der Waals surface area contributed by atoms with Crippen LogP contribution in [0, 0.1) is 5.41 Å². The first-order valence-corrected chi connectivity index (χ1v) is 4.77. The maximum absolute atomic E-state index is 11.5. The van der Waals surface area contributed by atoms with Crippen LogP contribution in [0.3, 0.4) is 0 Å². The maximum Gasteiger partial charge on any atom is 0.311 e. The minimum atomic E-state index is -0.260. The fourth-order valence-corrected chi connectivity index (χ4v) is 1.53. The summed E-state index contributed by atoms with van der Waals surface area (Å²) < 4.78 is 5.34. The van der Waals surface area contributed by atoms with Gasteiger partial charge in [-0.2, -0.15) is 0 Å². The number of rotatable bonds is 1. The van der Waals surface area contributed by atoms with E-state index in [1.165, 1.54) is 0 Å². The normalized spacial score (nSPS) is 29.2. The van der Waals surface area contributed by atoms with Crippen LogP contribution in [0.2, 0.25) is 0 Å². The Bertz CT molecular complexity index is 173. The highest BCUT2D eigenvalue weighted by Gasteiger charge is 2.33. The summed E-state index contributed by atoms with van der Waals surface area (Å²) in [6.45, 7) is 6.00. The lowest BCUT2D eigenvalue weighted by molar-refractivity contribution is -0.157. The number of ether oxygens (including phenoxy) is 1. The standard InChI is InChI=1S/C10H18O2/c1-4-8-6-5-7-10(2,3)9(11)12-8/h8H,4-7H2,1-3H3. The van der Waals surface area contributed by atoms with Gasteiger partial charge in [-0.05, 0) is 39.5 Å². The molecule has 70 valence electrons. The Morgan fingerprint density at radius 1 is 1.58 bits per heavy atom. The minimum Gasteiger partial charge on any atom is -0.462 e. The second-order valence-electron chi connectivity index (χ2n) is 4.21. The van der Waals surface area contributed by atoms with Crippen LogP contribution in [0.5, 0.6) is 0 Å². The molecule has 1 saturated heterocycles. The highest BCUT2D eigenvalue weighted by Crippen LogP contribution is 2.30. The SMILES string of the molecule is CCC1CCCC(C)(C)C(=O)O1.